The van der Waals surface area contributed by atoms with E-state index in [1.54, 1.807) is 36.5 Å². The second-order valence-corrected chi connectivity index (χ2v) is 17.5. The number of anilines is 2. The maximum absolute atomic E-state index is 15.7. The van der Waals surface area contributed by atoms with Crippen LogP contribution in [0.4, 0.5) is 24.5 Å². The molecule has 1 unspecified atom stereocenters. The van der Waals surface area contributed by atoms with Gasteiger partial charge in [0.25, 0.3) is 11.8 Å². The number of carbonyl (C=O) groups excluding carboxylic acids is 4. The Hall–Kier alpha value is -6.57. The molecule has 15 nitrogen and oxygen atoms in total. The zero-order chi connectivity index (χ0) is 44.2. The third-order valence-electron chi connectivity index (χ3n) is 11.9. The maximum atomic E-state index is 15.7. The maximum Gasteiger partial charge on any atom is 0.301 e. The number of halogens is 3. The Labute approximate surface area is 359 Å². The van der Waals surface area contributed by atoms with Crippen molar-refractivity contribution in [3.8, 4) is 16.9 Å². The molecular formula is C44H41F3N8O7S. The minimum atomic E-state index is -4.37. The van der Waals surface area contributed by atoms with Gasteiger partial charge in [-0.15, -0.1) is 0 Å². The molecule has 0 radical (unpaired) electrons. The SMILES string of the molecule is C=C1CCC(N2C(=O)c3ccc(N4CCN(CCOc5ccc(-c6cnc7[nH]cc(C(=O)c8c(F)ccc(NS(=O)(=O)N9CC[C@@H](F)C9)c8F)c7c6)cc5)CC4)cc3C2=O)C(=O)N1. The highest BCUT2D eigenvalue weighted by Crippen LogP contribution is 2.33. The molecule has 19 heteroatoms. The van der Waals surface area contributed by atoms with Crippen molar-refractivity contribution in [2.45, 2.75) is 31.5 Å². The van der Waals surface area contributed by atoms with Crippen molar-refractivity contribution in [1.29, 1.82) is 0 Å². The molecule has 63 heavy (non-hydrogen) atoms. The quantitative estimate of drug-likeness (QED) is 0.114. The van der Waals surface area contributed by atoms with E-state index in [0.717, 1.165) is 45.7 Å². The number of carbonyl (C=O) groups is 4. The van der Waals surface area contributed by atoms with Crippen molar-refractivity contribution in [2.75, 3.05) is 62.0 Å². The van der Waals surface area contributed by atoms with Gasteiger partial charge in [-0.2, -0.15) is 12.7 Å². The van der Waals surface area contributed by atoms with E-state index in [1.165, 1.54) is 6.20 Å². The van der Waals surface area contributed by atoms with Gasteiger partial charge in [0.1, 0.15) is 36.0 Å². The first-order chi connectivity index (χ1) is 30.3. The number of piperazine rings is 1. The molecule has 3 saturated heterocycles. The molecule has 0 bridgehead atoms. The number of imide groups is 1. The van der Waals surface area contributed by atoms with Gasteiger partial charge in [0.05, 0.1) is 22.4 Å². The number of H-pyrrole nitrogens is 1. The van der Waals surface area contributed by atoms with Crippen LogP contribution in [-0.2, 0) is 15.0 Å². The molecule has 4 aliphatic rings. The van der Waals surface area contributed by atoms with Crippen LogP contribution in [0.1, 0.15) is 55.9 Å². The summed E-state index contributed by atoms with van der Waals surface area (Å²) in [6.45, 7) is 7.22. The first-order valence-electron chi connectivity index (χ1n) is 20.4. The zero-order valence-electron chi connectivity index (χ0n) is 33.7. The highest BCUT2D eigenvalue weighted by atomic mass is 32.2. The van der Waals surface area contributed by atoms with Gasteiger partial charge < -0.3 is 19.9 Å². The first-order valence-corrected chi connectivity index (χ1v) is 21.8. The molecule has 5 aromatic rings. The Bertz CT molecular complexity index is 2810. The molecule has 326 valence electrons. The third kappa shape index (κ3) is 8.02. The lowest BCUT2D eigenvalue weighted by molar-refractivity contribution is -0.125. The summed E-state index contributed by atoms with van der Waals surface area (Å²) in [6, 6.07) is 14.9. The molecule has 3 aromatic carbocycles. The van der Waals surface area contributed by atoms with Gasteiger partial charge >= 0.3 is 10.2 Å². The van der Waals surface area contributed by atoms with Gasteiger partial charge in [0, 0.05) is 86.1 Å². The van der Waals surface area contributed by atoms with Crippen LogP contribution in [0.2, 0.25) is 0 Å². The second-order valence-electron chi connectivity index (χ2n) is 15.8. The molecule has 0 aliphatic carbocycles. The van der Waals surface area contributed by atoms with E-state index in [-0.39, 0.29) is 23.9 Å². The highest BCUT2D eigenvalue weighted by molar-refractivity contribution is 7.90. The number of nitrogens with zero attached hydrogens (tertiary/aromatic N) is 5. The van der Waals surface area contributed by atoms with Crippen molar-refractivity contribution >= 4 is 56.1 Å². The number of alkyl halides is 1. The topological polar surface area (TPSA) is 177 Å². The summed E-state index contributed by atoms with van der Waals surface area (Å²) in [5, 5.41) is 2.94. The van der Waals surface area contributed by atoms with Gasteiger partial charge in [0.2, 0.25) is 11.7 Å². The Balaban J connectivity index is 0.797. The van der Waals surface area contributed by atoms with Crippen LogP contribution in [0.15, 0.2) is 85.3 Å². The monoisotopic (exact) mass is 882 g/mol. The van der Waals surface area contributed by atoms with Crippen molar-refractivity contribution in [1.82, 2.24) is 29.4 Å². The predicted molar refractivity (Wildman–Crippen MR) is 226 cm³/mol. The average Bonchev–Trinajstić information content (AvgIpc) is 3.98. The van der Waals surface area contributed by atoms with Gasteiger partial charge in [-0.25, -0.2) is 18.2 Å². The van der Waals surface area contributed by atoms with Crippen LogP contribution in [0.25, 0.3) is 22.2 Å². The fourth-order valence-electron chi connectivity index (χ4n) is 8.43. The largest absolute Gasteiger partial charge is 0.492 e. The molecule has 3 N–H and O–H groups in total. The van der Waals surface area contributed by atoms with Crippen LogP contribution < -0.4 is 19.7 Å². The number of nitrogens with one attached hydrogen (secondary N) is 3. The average molecular weight is 883 g/mol. The number of pyridine rings is 1. The standard InChI is InChI=1S/C44H41F3N8O7S/c1-25-2-11-37(42(57)50-25)55-43(58)31-8-5-29(21-33(31)44(55)59)53-16-14-52(15-17-53)18-19-62-30-6-3-26(4-7-30)27-20-32-34(23-49-41(32)48-22-27)40(56)38-35(46)9-10-36(39(38)47)51-63(60,61)54-13-12-28(45)24-54/h3-10,20-23,28,37,51H,1-2,11-19,24H2,(H,48,49)(H,50,57)/t28-,37?/m1/s1. The van der Waals surface area contributed by atoms with Crippen molar-refractivity contribution in [3.63, 3.8) is 0 Å². The van der Waals surface area contributed by atoms with E-state index in [1.807, 2.05) is 22.9 Å². The Morgan fingerprint density at radius 3 is 2.41 bits per heavy atom. The van der Waals surface area contributed by atoms with Crippen molar-refractivity contribution in [3.05, 3.63) is 119 Å². The number of fused-ring (bicyclic) bond motifs is 2. The summed E-state index contributed by atoms with van der Waals surface area (Å²) < 4.78 is 78.9. The summed E-state index contributed by atoms with van der Waals surface area (Å²) in [4.78, 5) is 65.5. The Morgan fingerprint density at radius 1 is 0.921 bits per heavy atom. The Kier molecular flexibility index (Phi) is 11.0. The van der Waals surface area contributed by atoms with Crippen molar-refractivity contribution < 1.29 is 45.5 Å². The second kappa shape index (κ2) is 16.6. The molecule has 3 fully saturated rings. The molecule has 2 aromatic heterocycles. The van der Waals surface area contributed by atoms with E-state index in [2.05, 4.69) is 31.7 Å². The molecule has 6 heterocycles. The molecule has 0 spiro atoms. The normalized spacial score (nSPS) is 19.8. The number of aromatic nitrogens is 2. The number of benzene rings is 3. The number of aromatic amines is 1. The number of piperidine rings is 1. The van der Waals surface area contributed by atoms with Crippen molar-refractivity contribution in [2.24, 2.45) is 0 Å². The number of allylic oxidation sites excluding steroid dienone is 1. The van der Waals surface area contributed by atoms with Crippen LogP contribution in [0.3, 0.4) is 0 Å². The summed E-state index contributed by atoms with van der Waals surface area (Å²) in [7, 11) is -4.37. The molecule has 2 atom stereocenters. The first kappa shape index (κ1) is 41.8. The molecule has 0 saturated carbocycles. The number of amides is 3. The van der Waals surface area contributed by atoms with E-state index < -0.39 is 75.4 Å². The van der Waals surface area contributed by atoms with Crippen LogP contribution in [-0.4, -0.2) is 121 Å². The summed E-state index contributed by atoms with van der Waals surface area (Å²) in [6.07, 6.45) is 2.34. The lowest BCUT2D eigenvalue weighted by atomic mass is 10.00. The Morgan fingerprint density at radius 2 is 1.68 bits per heavy atom. The number of hydrogen-bond acceptors (Lipinski definition) is 10. The molecule has 4 aliphatic heterocycles. The van der Waals surface area contributed by atoms with Gasteiger partial charge in [-0.05, 0) is 73.4 Å². The zero-order valence-corrected chi connectivity index (χ0v) is 34.5. The van der Waals surface area contributed by atoms with Crippen LogP contribution in [0, 0.1) is 11.6 Å². The molecule has 9 rings (SSSR count). The highest BCUT2D eigenvalue weighted by Gasteiger charge is 2.44. The summed E-state index contributed by atoms with van der Waals surface area (Å²) in [5.74, 6) is -4.33. The number of hydrogen-bond donors (Lipinski definition) is 3. The lowest BCUT2D eigenvalue weighted by Crippen LogP contribution is -2.51. The summed E-state index contributed by atoms with van der Waals surface area (Å²) in [5.41, 5.74) is 1.94. The number of rotatable bonds is 12. The minimum Gasteiger partial charge on any atom is -0.492 e. The van der Waals surface area contributed by atoms with E-state index in [4.69, 9.17) is 4.74 Å². The fourth-order valence-corrected chi connectivity index (χ4v) is 9.70. The van der Waals surface area contributed by atoms with Gasteiger partial charge in [-0.1, -0.05) is 18.7 Å². The van der Waals surface area contributed by atoms with E-state index in [9.17, 15) is 32.0 Å². The lowest BCUT2D eigenvalue weighted by Gasteiger charge is -2.36. The smallest absolute Gasteiger partial charge is 0.301 e. The van der Waals surface area contributed by atoms with E-state index >= 15 is 8.78 Å². The molecule has 3 amide bonds. The van der Waals surface area contributed by atoms with Crippen LogP contribution >= 0.6 is 0 Å². The van der Waals surface area contributed by atoms with Gasteiger partial charge in [-0.3, -0.25) is 33.7 Å². The fraction of sp³-hybridized carbons (Fsp3) is 0.295. The molecular weight excluding hydrogens is 842 g/mol. The van der Waals surface area contributed by atoms with Gasteiger partial charge in [0.15, 0.2) is 5.82 Å². The van der Waals surface area contributed by atoms with Crippen LogP contribution in [0.5, 0.6) is 5.75 Å². The number of ether oxygens (including phenoxy) is 1. The summed E-state index contributed by atoms with van der Waals surface area (Å²) >= 11 is 0. The predicted octanol–water partition coefficient (Wildman–Crippen LogP) is 5.03. The minimum absolute atomic E-state index is 0.00741. The van der Waals surface area contributed by atoms with E-state index in [0.29, 0.717) is 72.9 Å². The number of ketones is 1. The third-order valence-corrected chi connectivity index (χ3v) is 13.4.